The van der Waals surface area contributed by atoms with E-state index in [9.17, 15) is 4.39 Å². The van der Waals surface area contributed by atoms with E-state index in [1.54, 1.807) is 12.1 Å². The average molecular weight is 294 g/mol. The van der Waals surface area contributed by atoms with Crippen LogP contribution in [0.1, 0.15) is 33.3 Å². The van der Waals surface area contributed by atoms with Crippen LogP contribution in [0.3, 0.4) is 0 Å². The van der Waals surface area contributed by atoms with Crippen molar-refractivity contribution in [3.05, 3.63) is 29.6 Å². The zero-order valence-corrected chi connectivity index (χ0v) is 13.6. The summed E-state index contributed by atoms with van der Waals surface area (Å²) in [4.78, 5) is 2.27. The molecule has 1 aromatic carbocycles. The molecule has 1 fully saturated rings. The maximum Gasteiger partial charge on any atom is 0.129 e. The van der Waals surface area contributed by atoms with Crippen molar-refractivity contribution in [2.75, 3.05) is 31.2 Å². The fourth-order valence-corrected chi connectivity index (χ4v) is 2.77. The van der Waals surface area contributed by atoms with Gasteiger partial charge in [-0.1, -0.05) is 19.9 Å². The maximum absolute atomic E-state index is 14.3. The quantitative estimate of drug-likeness (QED) is 0.902. The van der Waals surface area contributed by atoms with E-state index >= 15 is 0 Å². The third-order valence-electron chi connectivity index (χ3n) is 3.88. The first-order valence-corrected chi connectivity index (χ1v) is 7.75. The number of halogens is 1. The molecule has 1 saturated heterocycles. The number of nitrogens with one attached hydrogen (secondary N) is 1. The van der Waals surface area contributed by atoms with Crippen molar-refractivity contribution in [2.24, 2.45) is 5.92 Å². The summed E-state index contributed by atoms with van der Waals surface area (Å²) in [6, 6.07) is 5.36. The minimum atomic E-state index is -0.133. The van der Waals surface area contributed by atoms with Gasteiger partial charge in [0.1, 0.15) is 5.82 Å². The SMILES string of the molecule is CC(C)CNCc1c(F)cccc1N1CCOCC1(C)C. The predicted molar refractivity (Wildman–Crippen MR) is 85.2 cm³/mol. The molecule has 4 heteroatoms. The van der Waals surface area contributed by atoms with Crippen LogP contribution in [0.4, 0.5) is 10.1 Å². The lowest BCUT2D eigenvalue weighted by molar-refractivity contribution is 0.0642. The monoisotopic (exact) mass is 294 g/mol. The lowest BCUT2D eigenvalue weighted by atomic mass is 9.99. The largest absolute Gasteiger partial charge is 0.377 e. The van der Waals surface area contributed by atoms with E-state index in [1.807, 2.05) is 6.07 Å². The van der Waals surface area contributed by atoms with Crippen LogP contribution >= 0.6 is 0 Å². The summed E-state index contributed by atoms with van der Waals surface area (Å²) in [5.74, 6) is 0.422. The van der Waals surface area contributed by atoms with Gasteiger partial charge in [0.2, 0.25) is 0 Å². The van der Waals surface area contributed by atoms with Crippen LogP contribution in [0.5, 0.6) is 0 Å². The number of hydrogen-bond acceptors (Lipinski definition) is 3. The second-order valence-corrected chi connectivity index (χ2v) is 6.78. The number of hydrogen-bond donors (Lipinski definition) is 1. The third-order valence-corrected chi connectivity index (χ3v) is 3.88. The van der Waals surface area contributed by atoms with Crippen LogP contribution in [-0.4, -0.2) is 31.8 Å². The van der Waals surface area contributed by atoms with Crippen molar-refractivity contribution in [1.29, 1.82) is 0 Å². The van der Waals surface area contributed by atoms with E-state index in [2.05, 4.69) is 37.9 Å². The van der Waals surface area contributed by atoms with Crippen molar-refractivity contribution < 1.29 is 9.13 Å². The Morgan fingerprint density at radius 3 is 2.81 bits per heavy atom. The van der Waals surface area contributed by atoms with E-state index in [1.165, 1.54) is 0 Å². The first kappa shape index (κ1) is 16.2. The zero-order chi connectivity index (χ0) is 15.5. The summed E-state index contributed by atoms with van der Waals surface area (Å²) >= 11 is 0. The van der Waals surface area contributed by atoms with Crippen molar-refractivity contribution in [3.63, 3.8) is 0 Å². The highest BCUT2D eigenvalue weighted by molar-refractivity contribution is 5.56. The van der Waals surface area contributed by atoms with Gasteiger partial charge in [-0.2, -0.15) is 0 Å². The summed E-state index contributed by atoms with van der Waals surface area (Å²) in [5, 5.41) is 3.35. The van der Waals surface area contributed by atoms with Gasteiger partial charge in [-0.05, 0) is 38.4 Å². The Morgan fingerprint density at radius 1 is 1.38 bits per heavy atom. The Labute approximate surface area is 127 Å². The molecule has 0 bridgehead atoms. The zero-order valence-electron chi connectivity index (χ0n) is 13.6. The van der Waals surface area contributed by atoms with Gasteiger partial charge >= 0.3 is 0 Å². The first-order chi connectivity index (χ1) is 9.92. The molecule has 3 nitrogen and oxygen atoms in total. The van der Waals surface area contributed by atoms with Gasteiger partial charge in [0.15, 0.2) is 0 Å². The number of ether oxygens (including phenoxy) is 1. The van der Waals surface area contributed by atoms with Crippen molar-refractivity contribution >= 4 is 5.69 Å². The molecule has 21 heavy (non-hydrogen) atoms. The highest BCUT2D eigenvalue weighted by atomic mass is 19.1. The van der Waals surface area contributed by atoms with Crippen LogP contribution in [0.15, 0.2) is 18.2 Å². The van der Waals surface area contributed by atoms with Crippen molar-refractivity contribution in [3.8, 4) is 0 Å². The van der Waals surface area contributed by atoms with E-state index in [4.69, 9.17) is 4.74 Å². The molecule has 1 aliphatic rings. The van der Waals surface area contributed by atoms with Gasteiger partial charge in [-0.3, -0.25) is 0 Å². The Kier molecular flexibility index (Phi) is 5.22. The second kappa shape index (κ2) is 6.75. The Bertz CT molecular complexity index is 474. The van der Waals surface area contributed by atoms with Gasteiger partial charge in [0, 0.05) is 24.3 Å². The Morgan fingerprint density at radius 2 is 2.14 bits per heavy atom. The number of anilines is 1. The molecular weight excluding hydrogens is 267 g/mol. The van der Waals surface area contributed by atoms with Crippen molar-refractivity contribution in [2.45, 2.75) is 39.8 Å². The second-order valence-electron chi connectivity index (χ2n) is 6.78. The Hall–Kier alpha value is -1.13. The number of rotatable bonds is 5. The molecule has 0 aromatic heterocycles. The third kappa shape index (κ3) is 3.95. The number of morpholine rings is 1. The molecule has 1 aromatic rings. The molecule has 1 N–H and O–H groups in total. The number of benzene rings is 1. The first-order valence-electron chi connectivity index (χ1n) is 7.75. The normalized spacial score (nSPS) is 18.3. The molecule has 0 unspecified atom stereocenters. The summed E-state index contributed by atoms with van der Waals surface area (Å²) in [6.07, 6.45) is 0. The average Bonchev–Trinajstić information content (AvgIpc) is 2.40. The lowest BCUT2D eigenvalue weighted by Crippen LogP contribution is -2.53. The van der Waals surface area contributed by atoms with Gasteiger partial charge in [0.25, 0.3) is 0 Å². The van der Waals surface area contributed by atoms with Gasteiger partial charge < -0.3 is 15.0 Å². The van der Waals surface area contributed by atoms with Crippen LogP contribution in [-0.2, 0) is 11.3 Å². The van der Waals surface area contributed by atoms with Crippen molar-refractivity contribution in [1.82, 2.24) is 5.32 Å². The summed E-state index contributed by atoms with van der Waals surface area (Å²) < 4.78 is 19.9. The highest BCUT2D eigenvalue weighted by Crippen LogP contribution is 2.31. The van der Waals surface area contributed by atoms with Gasteiger partial charge in [0.05, 0.1) is 18.8 Å². The topological polar surface area (TPSA) is 24.5 Å². The fourth-order valence-electron chi connectivity index (χ4n) is 2.77. The molecule has 0 aliphatic carbocycles. The fraction of sp³-hybridized carbons (Fsp3) is 0.647. The standard InChI is InChI=1S/C17H27FN2O/c1-13(2)10-19-11-14-15(18)6-5-7-16(14)20-8-9-21-12-17(20,3)4/h5-7,13,19H,8-12H2,1-4H3. The van der Waals surface area contributed by atoms with E-state index in [0.29, 0.717) is 25.7 Å². The molecule has 0 amide bonds. The summed E-state index contributed by atoms with van der Waals surface area (Å²) in [6.45, 7) is 12.2. The predicted octanol–water partition coefficient (Wildman–Crippen LogP) is 3.19. The minimum Gasteiger partial charge on any atom is -0.377 e. The summed E-state index contributed by atoms with van der Waals surface area (Å²) in [5.41, 5.74) is 1.63. The lowest BCUT2D eigenvalue weighted by Gasteiger charge is -2.44. The van der Waals surface area contributed by atoms with Gasteiger partial charge in [-0.15, -0.1) is 0 Å². The Balaban J connectivity index is 2.24. The van der Waals surface area contributed by atoms with Crippen LogP contribution in [0.2, 0.25) is 0 Å². The van der Waals surface area contributed by atoms with Crippen LogP contribution in [0, 0.1) is 11.7 Å². The van der Waals surface area contributed by atoms with Gasteiger partial charge in [-0.25, -0.2) is 4.39 Å². The molecule has 0 radical (unpaired) electrons. The summed E-state index contributed by atoms with van der Waals surface area (Å²) in [7, 11) is 0. The number of nitrogens with zero attached hydrogens (tertiary/aromatic N) is 1. The molecule has 118 valence electrons. The minimum absolute atomic E-state index is 0.112. The molecule has 0 spiro atoms. The smallest absolute Gasteiger partial charge is 0.129 e. The van der Waals surface area contributed by atoms with Crippen LogP contribution < -0.4 is 10.2 Å². The molecular formula is C17H27FN2O. The highest BCUT2D eigenvalue weighted by Gasteiger charge is 2.32. The molecule has 2 rings (SSSR count). The molecule has 1 heterocycles. The molecule has 0 atom stereocenters. The maximum atomic E-state index is 14.3. The van der Waals surface area contributed by atoms with E-state index in [-0.39, 0.29) is 11.4 Å². The van der Waals surface area contributed by atoms with Crippen LogP contribution in [0.25, 0.3) is 0 Å². The molecule has 1 aliphatic heterocycles. The van der Waals surface area contributed by atoms with E-state index < -0.39 is 0 Å². The molecule has 0 saturated carbocycles. The van der Waals surface area contributed by atoms with E-state index in [0.717, 1.165) is 24.3 Å².